The van der Waals surface area contributed by atoms with Gasteiger partial charge in [-0.05, 0) is 70.6 Å². The second-order valence-electron chi connectivity index (χ2n) is 12.6. The zero-order valence-electron chi connectivity index (χ0n) is 32.1. The van der Waals surface area contributed by atoms with Gasteiger partial charge in [0.15, 0.2) is 6.10 Å². The number of phosphoric acid groups is 1. The SMILES string of the molecule is CC/C=C\C(O)C/C=C/C=C\C/C=C\C/C=C\CCCC(=O)O[C@H](COC(=O)CCCCCCC/C=C\CCCCCC)COP(=O)(O)OCCN. The van der Waals surface area contributed by atoms with Crippen molar-refractivity contribution >= 4 is 19.8 Å². The number of unbranched alkanes of at least 4 members (excludes halogenated alkanes) is 10. The van der Waals surface area contributed by atoms with Crippen LogP contribution in [-0.4, -0.2) is 60.5 Å². The maximum atomic E-state index is 12.5. The van der Waals surface area contributed by atoms with Gasteiger partial charge in [0.05, 0.1) is 19.3 Å². The molecule has 298 valence electrons. The number of allylic oxidation sites excluding steroid dienone is 10. The van der Waals surface area contributed by atoms with Gasteiger partial charge in [-0.25, -0.2) is 4.57 Å². The fraction of sp³-hybridized carbons (Fsp3) is 0.659. The van der Waals surface area contributed by atoms with Crippen LogP contribution < -0.4 is 5.73 Å². The smallest absolute Gasteiger partial charge is 0.462 e. The van der Waals surface area contributed by atoms with E-state index in [9.17, 15) is 24.2 Å². The second-order valence-corrected chi connectivity index (χ2v) is 14.1. The maximum Gasteiger partial charge on any atom is 0.472 e. The molecule has 0 heterocycles. The lowest BCUT2D eigenvalue weighted by Gasteiger charge is -2.19. The van der Waals surface area contributed by atoms with Gasteiger partial charge >= 0.3 is 19.8 Å². The fourth-order valence-corrected chi connectivity index (χ4v) is 5.51. The lowest BCUT2D eigenvalue weighted by Crippen LogP contribution is -2.29. The van der Waals surface area contributed by atoms with Crippen molar-refractivity contribution in [2.75, 3.05) is 26.4 Å². The van der Waals surface area contributed by atoms with Crippen LogP contribution in [-0.2, 0) is 32.7 Å². The summed E-state index contributed by atoms with van der Waals surface area (Å²) < 4.78 is 32.6. The van der Waals surface area contributed by atoms with Gasteiger partial charge in [0.1, 0.15) is 6.61 Å². The molecule has 0 fully saturated rings. The number of hydrogen-bond acceptors (Lipinski definition) is 9. The summed E-state index contributed by atoms with van der Waals surface area (Å²) >= 11 is 0. The Balaban J connectivity index is 4.39. The Labute approximate surface area is 314 Å². The minimum absolute atomic E-state index is 0.0327. The Bertz CT molecular complexity index is 1100. The summed E-state index contributed by atoms with van der Waals surface area (Å²) in [5, 5.41) is 9.75. The molecule has 10 nitrogen and oxygen atoms in total. The minimum atomic E-state index is -4.40. The van der Waals surface area contributed by atoms with Gasteiger partial charge in [-0.1, -0.05) is 125 Å². The van der Waals surface area contributed by atoms with Crippen molar-refractivity contribution in [3.8, 4) is 0 Å². The van der Waals surface area contributed by atoms with Crippen LogP contribution >= 0.6 is 7.82 Å². The predicted molar refractivity (Wildman–Crippen MR) is 212 cm³/mol. The first-order valence-electron chi connectivity index (χ1n) is 19.5. The maximum absolute atomic E-state index is 12.5. The molecule has 0 aromatic carbocycles. The van der Waals surface area contributed by atoms with Gasteiger partial charge in [0.2, 0.25) is 0 Å². The van der Waals surface area contributed by atoms with Crippen LogP contribution in [0.4, 0.5) is 0 Å². The van der Waals surface area contributed by atoms with Crippen LogP contribution in [0.15, 0.2) is 72.9 Å². The van der Waals surface area contributed by atoms with Crippen LogP contribution in [0.5, 0.6) is 0 Å². The standard InChI is InChI=1S/C41H70NO9P/c1-3-5-7-8-9-10-11-12-16-19-22-25-28-32-40(44)48-36-39(37-50-52(46,47)49-35-34-42)51-41(45)33-29-26-23-20-17-14-13-15-18-21-24-27-31-38(43)30-6-4-2/h6,10-11,13-14,18,20-21,23-24,27,30,38-39,43H,3-5,7-9,12,15-17,19,22,25-26,28-29,31-37,42H2,1-2H3,(H,46,47)/b11-10-,14-13-,21-18-,23-20-,27-24+,30-6-/t38?,39-/m1/s1. The Morgan fingerprint density at radius 1 is 0.692 bits per heavy atom. The molecule has 4 N–H and O–H groups in total. The topological polar surface area (TPSA) is 155 Å². The molecule has 2 unspecified atom stereocenters. The number of esters is 2. The van der Waals surface area contributed by atoms with Crippen LogP contribution in [0.2, 0.25) is 0 Å². The first-order valence-corrected chi connectivity index (χ1v) is 21.0. The van der Waals surface area contributed by atoms with E-state index < -0.39 is 38.6 Å². The van der Waals surface area contributed by atoms with E-state index in [4.69, 9.17) is 24.3 Å². The van der Waals surface area contributed by atoms with Gasteiger partial charge < -0.3 is 25.2 Å². The third kappa shape index (κ3) is 35.8. The van der Waals surface area contributed by atoms with Crippen LogP contribution in [0, 0.1) is 0 Å². The number of aliphatic hydroxyl groups excluding tert-OH is 1. The van der Waals surface area contributed by atoms with Crippen LogP contribution in [0.1, 0.15) is 136 Å². The highest BCUT2D eigenvalue weighted by atomic mass is 31.2. The molecule has 0 aromatic rings. The van der Waals surface area contributed by atoms with Gasteiger partial charge in [-0.3, -0.25) is 18.6 Å². The van der Waals surface area contributed by atoms with Crippen molar-refractivity contribution in [2.45, 2.75) is 148 Å². The Kier molecular flexibility index (Phi) is 34.9. The summed E-state index contributed by atoms with van der Waals surface area (Å²) in [6.07, 6.45) is 39.9. The zero-order valence-corrected chi connectivity index (χ0v) is 33.0. The van der Waals surface area contributed by atoms with Crippen molar-refractivity contribution < 1.29 is 42.7 Å². The van der Waals surface area contributed by atoms with Crippen molar-refractivity contribution in [2.24, 2.45) is 5.73 Å². The zero-order chi connectivity index (χ0) is 38.4. The van der Waals surface area contributed by atoms with Crippen molar-refractivity contribution in [3.05, 3.63) is 72.9 Å². The largest absolute Gasteiger partial charge is 0.472 e. The first-order chi connectivity index (χ1) is 25.2. The Morgan fingerprint density at radius 3 is 2.00 bits per heavy atom. The molecule has 0 aromatic heterocycles. The third-order valence-corrected chi connectivity index (χ3v) is 8.64. The summed E-state index contributed by atoms with van der Waals surface area (Å²) in [7, 11) is -4.40. The van der Waals surface area contributed by atoms with E-state index in [0.29, 0.717) is 25.7 Å². The van der Waals surface area contributed by atoms with E-state index in [-0.39, 0.29) is 32.6 Å². The highest BCUT2D eigenvalue weighted by Gasteiger charge is 2.25. The molecule has 0 aliphatic heterocycles. The van der Waals surface area contributed by atoms with E-state index in [2.05, 4.69) is 31.2 Å². The molecule has 0 spiro atoms. The van der Waals surface area contributed by atoms with Gasteiger partial charge in [-0.2, -0.15) is 0 Å². The average molecular weight is 752 g/mol. The molecular formula is C41H70NO9P. The van der Waals surface area contributed by atoms with Crippen molar-refractivity contribution in [3.63, 3.8) is 0 Å². The molecule has 0 bridgehead atoms. The number of carbonyl (C=O) groups is 2. The lowest BCUT2D eigenvalue weighted by atomic mass is 10.1. The molecule has 0 aliphatic rings. The summed E-state index contributed by atoms with van der Waals surface area (Å²) in [4.78, 5) is 34.7. The molecule has 0 rings (SSSR count). The van der Waals surface area contributed by atoms with E-state index in [0.717, 1.165) is 57.8 Å². The first kappa shape index (κ1) is 49.4. The van der Waals surface area contributed by atoms with E-state index >= 15 is 0 Å². The highest BCUT2D eigenvalue weighted by molar-refractivity contribution is 7.47. The molecular weight excluding hydrogens is 681 g/mol. The molecule has 0 aliphatic carbocycles. The highest BCUT2D eigenvalue weighted by Crippen LogP contribution is 2.43. The summed E-state index contributed by atoms with van der Waals surface area (Å²) in [6.45, 7) is 3.36. The molecule has 0 saturated carbocycles. The number of ether oxygens (including phenoxy) is 2. The van der Waals surface area contributed by atoms with E-state index in [1.165, 1.54) is 25.7 Å². The lowest BCUT2D eigenvalue weighted by molar-refractivity contribution is -0.161. The summed E-state index contributed by atoms with van der Waals surface area (Å²) in [5.74, 6) is -0.940. The van der Waals surface area contributed by atoms with Crippen molar-refractivity contribution in [1.29, 1.82) is 0 Å². The van der Waals surface area contributed by atoms with Gasteiger partial charge in [-0.15, -0.1) is 0 Å². The average Bonchev–Trinajstić information content (AvgIpc) is 3.13. The Hall–Kier alpha value is -2.59. The molecule has 52 heavy (non-hydrogen) atoms. The van der Waals surface area contributed by atoms with E-state index in [1.54, 1.807) is 0 Å². The summed E-state index contributed by atoms with van der Waals surface area (Å²) in [5.41, 5.74) is 5.32. The fourth-order valence-electron chi connectivity index (χ4n) is 4.74. The normalized spacial score (nSPS) is 14.8. The number of phosphoric ester groups is 1. The minimum Gasteiger partial charge on any atom is -0.462 e. The predicted octanol–water partition coefficient (Wildman–Crippen LogP) is 9.68. The summed E-state index contributed by atoms with van der Waals surface area (Å²) in [6, 6.07) is 0. The molecule has 0 saturated heterocycles. The number of nitrogens with two attached hydrogens (primary N) is 1. The number of carbonyl (C=O) groups excluding carboxylic acids is 2. The van der Waals surface area contributed by atoms with Gasteiger partial charge in [0.25, 0.3) is 0 Å². The molecule has 11 heteroatoms. The monoisotopic (exact) mass is 751 g/mol. The third-order valence-electron chi connectivity index (χ3n) is 7.65. The van der Waals surface area contributed by atoms with E-state index in [1.807, 2.05) is 55.5 Å². The van der Waals surface area contributed by atoms with Crippen LogP contribution in [0.3, 0.4) is 0 Å². The Morgan fingerprint density at radius 2 is 1.29 bits per heavy atom. The molecule has 3 atom stereocenters. The molecule has 0 radical (unpaired) electrons. The van der Waals surface area contributed by atoms with Crippen LogP contribution in [0.25, 0.3) is 0 Å². The van der Waals surface area contributed by atoms with Crippen molar-refractivity contribution in [1.82, 2.24) is 0 Å². The van der Waals surface area contributed by atoms with Gasteiger partial charge in [0, 0.05) is 19.4 Å². The number of aliphatic hydroxyl groups is 1. The number of hydrogen-bond donors (Lipinski definition) is 3. The number of rotatable bonds is 35. The quantitative estimate of drug-likeness (QED) is 0.0187. The second kappa shape index (κ2) is 36.8. The molecule has 0 amide bonds.